The van der Waals surface area contributed by atoms with Crippen LogP contribution in [0, 0.1) is 0 Å². The summed E-state index contributed by atoms with van der Waals surface area (Å²) in [6, 6.07) is 9.15. The normalized spacial score (nSPS) is 17.4. The number of anilines is 3. The summed E-state index contributed by atoms with van der Waals surface area (Å²) in [6.45, 7) is 14.2. The molecule has 0 unspecified atom stereocenters. The van der Waals surface area contributed by atoms with Gasteiger partial charge in [-0.3, -0.25) is 19.4 Å². The maximum Gasteiger partial charge on any atom is 0.257 e. The number of pyridine rings is 1. The molecule has 9 heteroatoms. The summed E-state index contributed by atoms with van der Waals surface area (Å²) in [5.41, 5.74) is 1.80. The number of carbonyl (C=O) groups excluding carboxylic acids is 2. The van der Waals surface area contributed by atoms with E-state index in [0.717, 1.165) is 31.7 Å². The fourth-order valence-electron chi connectivity index (χ4n) is 4.12. The third-order valence-corrected chi connectivity index (χ3v) is 7.47. The lowest BCUT2D eigenvalue weighted by atomic mass is 9.95. The van der Waals surface area contributed by atoms with Crippen molar-refractivity contribution in [3.63, 3.8) is 0 Å². The number of rotatable bonds is 5. The first-order valence-corrected chi connectivity index (χ1v) is 13.0. The van der Waals surface area contributed by atoms with Crippen LogP contribution in [0.1, 0.15) is 50.5 Å². The zero-order valence-electron chi connectivity index (χ0n) is 21.5. The molecule has 1 saturated heterocycles. The predicted octanol–water partition coefficient (Wildman–Crippen LogP) is 3.65. The molecule has 2 aromatic rings. The number of hydrogen-bond acceptors (Lipinski definition) is 6. The Balaban J connectivity index is 1.74. The molecule has 1 N–H and O–H groups in total. The molecule has 2 radical (unpaired) electrons. The molecule has 3 heterocycles. The Morgan fingerprint density at radius 2 is 1.83 bits per heavy atom. The number of nitrogens with zero attached hydrogens (tertiary/aromatic N) is 4. The molecule has 1 aromatic carbocycles. The van der Waals surface area contributed by atoms with Crippen LogP contribution in [-0.2, 0) is 14.8 Å². The van der Waals surface area contributed by atoms with Crippen molar-refractivity contribution in [1.29, 1.82) is 0 Å². The van der Waals surface area contributed by atoms with Gasteiger partial charge in [0.15, 0.2) is 5.82 Å². The van der Waals surface area contributed by atoms with Crippen molar-refractivity contribution in [1.82, 2.24) is 14.8 Å². The molecule has 0 bridgehead atoms. The minimum Gasteiger partial charge on any atom is -0.408 e. The minimum atomic E-state index is -0.595. The maximum absolute atomic E-state index is 13.8. The van der Waals surface area contributed by atoms with Gasteiger partial charge in [0.05, 0.1) is 29.1 Å². The van der Waals surface area contributed by atoms with Crippen LogP contribution in [0.15, 0.2) is 36.5 Å². The molecule has 0 aliphatic carbocycles. The smallest absolute Gasteiger partial charge is 0.257 e. The second kappa shape index (κ2) is 9.81. The Kier molecular flexibility index (Phi) is 7.15. The monoisotopic (exact) mass is 493 g/mol. The van der Waals surface area contributed by atoms with E-state index in [1.165, 1.54) is 0 Å². The minimum absolute atomic E-state index is 0.0379. The van der Waals surface area contributed by atoms with Gasteiger partial charge in [0, 0.05) is 32.4 Å². The molecule has 0 saturated carbocycles. The molecule has 2 amide bonds. The average molecular weight is 494 g/mol. The van der Waals surface area contributed by atoms with Gasteiger partial charge in [0.25, 0.3) is 5.91 Å². The highest BCUT2D eigenvalue weighted by Gasteiger charge is 2.34. The van der Waals surface area contributed by atoms with Gasteiger partial charge < -0.3 is 14.6 Å². The summed E-state index contributed by atoms with van der Waals surface area (Å²) in [4.78, 5) is 37.5. The molecule has 2 aliphatic rings. The van der Waals surface area contributed by atoms with Gasteiger partial charge in [0.2, 0.25) is 15.7 Å². The van der Waals surface area contributed by atoms with Crippen molar-refractivity contribution in [3.05, 3.63) is 47.7 Å². The molecule has 2 aliphatic heterocycles. The van der Waals surface area contributed by atoms with Gasteiger partial charge in [-0.05, 0) is 55.8 Å². The van der Waals surface area contributed by atoms with Gasteiger partial charge in [-0.2, -0.15) is 0 Å². The van der Waals surface area contributed by atoms with Gasteiger partial charge in [-0.15, -0.1) is 0 Å². The molecule has 35 heavy (non-hydrogen) atoms. The molecule has 186 valence electrons. The SMILES string of the molecule is CN1CCN(CC(=O)N2c3cc(C(C)(C)O[Si]C(C)(C)C)ccc3C(=O)Nc3cccnc32)CC1. The van der Waals surface area contributed by atoms with Crippen LogP contribution in [0.2, 0.25) is 5.04 Å². The third-order valence-electron chi connectivity index (χ3n) is 6.24. The zero-order valence-corrected chi connectivity index (χ0v) is 22.5. The number of piperazine rings is 1. The molecule has 1 fully saturated rings. The number of likely N-dealkylation sites (N-methyl/N-ethyl adjacent to an activating group) is 1. The van der Waals surface area contributed by atoms with E-state index < -0.39 is 5.60 Å². The number of aromatic nitrogens is 1. The van der Waals surface area contributed by atoms with Crippen LogP contribution in [0.3, 0.4) is 0 Å². The highest BCUT2D eigenvalue weighted by Crippen LogP contribution is 2.39. The van der Waals surface area contributed by atoms with Crippen LogP contribution in [0.25, 0.3) is 0 Å². The summed E-state index contributed by atoms with van der Waals surface area (Å²) in [5, 5.41) is 2.97. The van der Waals surface area contributed by atoms with Crippen molar-refractivity contribution in [2.45, 2.75) is 45.3 Å². The van der Waals surface area contributed by atoms with Crippen molar-refractivity contribution >= 4 is 38.8 Å². The first kappa shape index (κ1) is 25.5. The lowest BCUT2D eigenvalue weighted by molar-refractivity contribution is -0.119. The lowest BCUT2D eigenvalue weighted by Gasteiger charge is -2.34. The highest BCUT2D eigenvalue weighted by molar-refractivity contribution is 6.31. The van der Waals surface area contributed by atoms with Crippen LogP contribution in [0.4, 0.5) is 17.2 Å². The molecular formula is C26H35N5O3Si. The van der Waals surface area contributed by atoms with E-state index in [2.05, 4.69) is 47.9 Å². The van der Waals surface area contributed by atoms with Crippen LogP contribution in [-0.4, -0.2) is 76.1 Å². The number of hydrogen-bond donors (Lipinski definition) is 1. The first-order valence-electron chi connectivity index (χ1n) is 12.0. The zero-order chi connectivity index (χ0) is 25.4. The third kappa shape index (κ3) is 5.80. The highest BCUT2D eigenvalue weighted by atomic mass is 28.2. The largest absolute Gasteiger partial charge is 0.408 e. The average Bonchev–Trinajstić information content (AvgIpc) is 2.92. The van der Waals surface area contributed by atoms with E-state index in [4.69, 9.17) is 4.43 Å². The summed E-state index contributed by atoms with van der Waals surface area (Å²) in [5.74, 6) is 0.0665. The van der Waals surface area contributed by atoms with Gasteiger partial charge in [-0.25, -0.2) is 4.98 Å². The molecule has 0 spiro atoms. The molecule has 8 nitrogen and oxygen atoms in total. The summed E-state index contributed by atoms with van der Waals surface area (Å²) < 4.78 is 6.32. The van der Waals surface area contributed by atoms with Gasteiger partial charge in [0.1, 0.15) is 0 Å². The Morgan fingerprint density at radius 1 is 1.11 bits per heavy atom. The standard InChI is InChI=1S/C26H35N5O3Si/c1-25(2,3)35-34-26(4,5)18-9-10-19-21(16-18)31(22(32)17-30-14-12-29(6)13-15-30)23-20(28-24(19)33)8-7-11-27-23/h7-11,16H,12-15,17H2,1-6H3,(H,28,33). The lowest BCUT2D eigenvalue weighted by Crippen LogP contribution is -2.48. The van der Waals surface area contributed by atoms with Crippen molar-refractivity contribution in [2.75, 3.05) is 50.0 Å². The fourth-order valence-corrected chi connectivity index (χ4v) is 4.80. The van der Waals surface area contributed by atoms with Crippen molar-refractivity contribution in [3.8, 4) is 0 Å². The number of amides is 2. The number of benzene rings is 1. The van der Waals surface area contributed by atoms with E-state index in [1.54, 1.807) is 29.3 Å². The second-order valence-electron chi connectivity index (χ2n) is 10.8. The molecule has 0 atom stereocenters. The fraction of sp³-hybridized carbons (Fsp3) is 0.500. The van der Waals surface area contributed by atoms with E-state index in [-0.39, 0.29) is 23.4 Å². The number of fused-ring (bicyclic) bond motifs is 2. The number of nitrogens with one attached hydrogen (secondary N) is 1. The quantitative estimate of drug-likeness (QED) is 0.641. The van der Waals surface area contributed by atoms with Crippen molar-refractivity contribution < 1.29 is 14.0 Å². The van der Waals surface area contributed by atoms with E-state index in [9.17, 15) is 9.59 Å². The summed E-state index contributed by atoms with van der Waals surface area (Å²) >= 11 is 0. The summed E-state index contributed by atoms with van der Waals surface area (Å²) in [7, 11) is 2.39. The predicted molar refractivity (Wildman–Crippen MR) is 139 cm³/mol. The maximum atomic E-state index is 13.8. The Hall–Kier alpha value is -2.59. The first-order chi connectivity index (χ1) is 16.4. The van der Waals surface area contributed by atoms with Crippen LogP contribution >= 0.6 is 0 Å². The molecule has 1 aromatic heterocycles. The van der Waals surface area contributed by atoms with E-state index in [1.807, 2.05) is 26.0 Å². The Bertz CT molecular complexity index is 1110. The Labute approximate surface area is 210 Å². The van der Waals surface area contributed by atoms with Crippen molar-refractivity contribution in [2.24, 2.45) is 0 Å². The van der Waals surface area contributed by atoms with Gasteiger partial charge >= 0.3 is 0 Å². The molecule has 4 rings (SSSR count). The van der Waals surface area contributed by atoms with E-state index >= 15 is 0 Å². The second-order valence-corrected chi connectivity index (χ2v) is 12.7. The topological polar surface area (TPSA) is 78.0 Å². The molecular weight excluding hydrogens is 458 g/mol. The van der Waals surface area contributed by atoms with Gasteiger partial charge in [-0.1, -0.05) is 26.8 Å². The van der Waals surface area contributed by atoms with Crippen LogP contribution < -0.4 is 10.2 Å². The van der Waals surface area contributed by atoms with E-state index in [0.29, 0.717) is 32.5 Å². The van der Waals surface area contributed by atoms with Crippen LogP contribution in [0.5, 0.6) is 0 Å². The summed E-state index contributed by atoms with van der Waals surface area (Å²) in [6.07, 6.45) is 1.65. The Morgan fingerprint density at radius 3 is 2.51 bits per heavy atom. The number of carbonyl (C=O) groups is 2.